The molecule has 3 nitrogen and oxygen atoms in total. The number of hydrogen-bond donors (Lipinski definition) is 1. The van der Waals surface area contributed by atoms with Gasteiger partial charge < -0.3 is 5.73 Å². The minimum absolute atomic E-state index is 0.153. The minimum atomic E-state index is -4.17. The Morgan fingerprint density at radius 1 is 1.47 bits per heavy atom. The van der Waals surface area contributed by atoms with E-state index in [-0.39, 0.29) is 6.42 Å². The van der Waals surface area contributed by atoms with Crippen LogP contribution in [0.3, 0.4) is 0 Å². The molecule has 2 N–H and O–H groups in total. The first-order chi connectivity index (χ1) is 6.88. The smallest absolute Gasteiger partial charge is 0.323 e. The highest BCUT2D eigenvalue weighted by molar-refractivity contribution is 5.06. The Morgan fingerprint density at radius 3 is 2.67 bits per heavy atom. The SMILES string of the molecule is Cc1nccc(C(N)CCC(F)(F)F)n1. The summed E-state index contributed by atoms with van der Waals surface area (Å²) < 4.78 is 35.8. The van der Waals surface area contributed by atoms with Crippen molar-refractivity contribution in [3.63, 3.8) is 0 Å². The number of aromatic nitrogens is 2. The Labute approximate surface area is 85.5 Å². The quantitative estimate of drug-likeness (QED) is 0.847. The van der Waals surface area contributed by atoms with Crippen LogP contribution in [-0.4, -0.2) is 16.1 Å². The maximum absolute atomic E-state index is 11.9. The fraction of sp³-hybridized carbons (Fsp3) is 0.556. The van der Waals surface area contributed by atoms with Crippen molar-refractivity contribution in [3.8, 4) is 0 Å². The highest BCUT2D eigenvalue weighted by Gasteiger charge is 2.28. The second-order valence-electron chi connectivity index (χ2n) is 3.29. The van der Waals surface area contributed by atoms with Gasteiger partial charge in [0.2, 0.25) is 0 Å². The van der Waals surface area contributed by atoms with Crippen LogP contribution in [0.5, 0.6) is 0 Å². The highest BCUT2D eigenvalue weighted by atomic mass is 19.4. The Balaban J connectivity index is 2.58. The summed E-state index contributed by atoms with van der Waals surface area (Å²) in [6.07, 6.45) is -3.72. The van der Waals surface area contributed by atoms with Gasteiger partial charge in [-0.25, -0.2) is 9.97 Å². The molecule has 0 saturated heterocycles. The van der Waals surface area contributed by atoms with E-state index in [0.717, 1.165) is 0 Å². The average molecular weight is 219 g/mol. The molecule has 6 heteroatoms. The number of hydrogen-bond acceptors (Lipinski definition) is 3. The van der Waals surface area contributed by atoms with E-state index in [0.29, 0.717) is 11.5 Å². The van der Waals surface area contributed by atoms with Crippen molar-refractivity contribution in [2.45, 2.75) is 32.0 Å². The number of rotatable bonds is 3. The molecular formula is C9H12F3N3. The molecule has 0 radical (unpaired) electrons. The molecule has 0 amide bonds. The number of aryl methyl sites for hydroxylation is 1. The Hall–Kier alpha value is -1.17. The van der Waals surface area contributed by atoms with Crippen LogP contribution < -0.4 is 5.73 Å². The van der Waals surface area contributed by atoms with Gasteiger partial charge in [-0.15, -0.1) is 0 Å². The molecule has 0 saturated carbocycles. The summed E-state index contributed by atoms with van der Waals surface area (Å²) in [7, 11) is 0. The highest BCUT2D eigenvalue weighted by Crippen LogP contribution is 2.25. The molecule has 0 aliphatic rings. The van der Waals surface area contributed by atoms with E-state index in [1.807, 2.05) is 0 Å². The van der Waals surface area contributed by atoms with Crippen molar-refractivity contribution in [1.29, 1.82) is 0 Å². The molecule has 15 heavy (non-hydrogen) atoms. The third kappa shape index (κ3) is 4.24. The van der Waals surface area contributed by atoms with Crippen molar-refractivity contribution in [2.24, 2.45) is 5.73 Å². The van der Waals surface area contributed by atoms with Crippen LogP contribution in [0.4, 0.5) is 13.2 Å². The van der Waals surface area contributed by atoms with Crippen LogP contribution in [0.2, 0.25) is 0 Å². The summed E-state index contributed by atoms with van der Waals surface area (Å²) in [5, 5.41) is 0. The number of alkyl halides is 3. The second-order valence-corrected chi connectivity index (χ2v) is 3.29. The molecule has 0 spiro atoms. The lowest BCUT2D eigenvalue weighted by Gasteiger charge is -2.12. The second kappa shape index (κ2) is 4.57. The maximum Gasteiger partial charge on any atom is 0.389 e. The monoisotopic (exact) mass is 219 g/mol. The van der Waals surface area contributed by atoms with Crippen molar-refractivity contribution >= 4 is 0 Å². The van der Waals surface area contributed by atoms with E-state index < -0.39 is 18.6 Å². The van der Waals surface area contributed by atoms with Gasteiger partial charge in [-0.05, 0) is 19.4 Å². The van der Waals surface area contributed by atoms with Gasteiger partial charge in [0.05, 0.1) is 5.69 Å². The fourth-order valence-corrected chi connectivity index (χ4v) is 1.15. The fourth-order valence-electron chi connectivity index (χ4n) is 1.15. The molecule has 1 rings (SSSR count). The van der Waals surface area contributed by atoms with Crippen LogP contribution in [0, 0.1) is 6.92 Å². The van der Waals surface area contributed by atoms with Gasteiger partial charge in [0, 0.05) is 18.7 Å². The van der Waals surface area contributed by atoms with Crippen LogP contribution in [-0.2, 0) is 0 Å². The third-order valence-corrected chi connectivity index (χ3v) is 1.92. The molecule has 1 atom stereocenters. The van der Waals surface area contributed by atoms with Gasteiger partial charge >= 0.3 is 6.18 Å². The average Bonchev–Trinajstić information content (AvgIpc) is 2.13. The van der Waals surface area contributed by atoms with Gasteiger partial charge in [-0.3, -0.25) is 0 Å². The van der Waals surface area contributed by atoms with Gasteiger partial charge in [-0.1, -0.05) is 0 Å². The topological polar surface area (TPSA) is 51.8 Å². The summed E-state index contributed by atoms with van der Waals surface area (Å²) in [6.45, 7) is 1.67. The lowest BCUT2D eigenvalue weighted by Crippen LogP contribution is -2.17. The van der Waals surface area contributed by atoms with Gasteiger partial charge in [0.25, 0.3) is 0 Å². The standard InChI is InChI=1S/C9H12F3N3/c1-6-14-5-3-8(15-6)7(13)2-4-9(10,11)12/h3,5,7H,2,4,13H2,1H3. The normalized spacial score (nSPS) is 13.9. The van der Waals surface area contributed by atoms with Gasteiger partial charge in [0.15, 0.2) is 0 Å². The van der Waals surface area contributed by atoms with Crippen molar-refractivity contribution in [1.82, 2.24) is 9.97 Å². The summed E-state index contributed by atoms with van der Waals surface area (Å²) in [6, 6.07) is 0.849. The van der Waals surface area contributed by atoms with Crippen LogP contribution in [0.1, 0.15) is 30.4 Å². The number of halogens is 3. The number of nitrogens with zero attached hydrogens (tertiary/aromatic N) is 2. The van der Waals surface area contributed by atoms with E-state index in [9.17, 15) is 13.2 Å². The summed E-state index contributed by atoms with van der Waals surface area (Å²) >= 11 is 0. The number of nitrogens with two attached hydrogens (primary N) is 1. The molecule has 84 valence electrons. The van der Waals surface area contributed by atoms with E-state index >= 15 is 0 Å². The summed E-state index contributed by atoms with van der Waals surface area (Å²) in [4.78, 5) is 7.81. The van der Waals surface area contributed by atoms with E-state index in [4.69, 9.17) is 5.73 Å². The molecule has 1 aromatic rings. The largest absolute Gasteiger partial charge is 0.389 e. The molecule has 0 fully saturated rings. The van der Waals surface area contributed by atoms with Crippen LogP contribution >= 0.6 is 0 Å². The van der Waals surface area contributed by atoms with Gasteiger partial charge in [0.1, 0.15) is 5.82 Å². The zero-order valence-corrected chi connectivity index (χ0v) is 8.25. The zero-order valence-electron chi connectivity index (χ0n) is 8.25. The van der Waals surface area contributed by atoms with Crippen molar-refractivity contribution < 1.29 is 13.2 Å². The molecule has 0 aliphatic heterocycles. The van der Waals surface area contributed by atoms with E-state index in [1.165, 1.54) is 12.3 Å². The molecule has 1 heterocycles. The lowest BCUT2D eigenvalue weighted by molar-refractivity contribution is -0.136. The lowest BCUT2D eigenvalue weighted by atomic mass is 10.1. The molecule has 0 aromatic carbocycles. The molecular weight excluding hydrogens is 207 g/mol. The maximum atomic E-state index is 11.9. The third-order valence-electron chi connectivity index (χ3n) is 1.92. The molecule has 1 unspecified atom stereocenters. The zero-order chi connectivity index (χ0) is 11.5. The Kier molecular flexibility index (Phi) is 3.62. The van der Waals surface area contributed by atoms with Crippen LogP contribution in [0.25, 0.3) is 0 Å². The van der Waals surface area contributed by atoms with Crippen molar-refractivity contribution in [3.05, 3.63) is 23.8 Å². The first-order valence-corrected chi connectivity index (χ1v) is 4.50. The first kappa shape index (κ1) is 11.9. The summed E-state index contributed by atoms with van der Waals surface area (Å²) in [5.41, 5.74) is 6.03. The van der Waals surface area contributed by atoms with Gasteiger partial charge in [-0.2, -0.15) is 13.2 Å². The predicted molar refractivity (Wildman–Crippen MR) is 49.0 cm³/mol. The van der Waals surface area contributed by atoms with E-state index in [1.54, 1.807) is 6.92 Å². The minimum Gasteiger partial charge on any atom is -0.323 e. The Morgan fingerprint density at radius 2 is 2.13 bits per heavy atom. The van der Waals surface area contributed by atoms with E-state index in [2.05, 4.69) is 9.97 Å². The Bertz CT molecular complexity index is 325. The predicted octanol–water partition coefficient (Wildman–Crippen LogP) is 2.13. The molecule has 0 aliphatic carbocycles. The molecule has 1 aromatic heterocycles. The first-order valence-electron chi connectivity index (χ1n) is 4.50. The molecule has 0 bridgehead atoms. The van der Waals surface area contributed by atoms with Crippen LogP contribution in [0.15, 0.2) is 12.3 Å². The van der Waals surface area contributed by atoms with Crippen molar-refractivity contribution in [2.75, 3.05) is 0 Å². The summed E-state index contributed by atoms with van der Waals surface area (Å²) in [5.74, 6) is 0.509.